The molecule has 6 heteroatoms. The fourth-order valence-corrected chi connectivity index (χ4v) is 4.17. The van der Waals surface area contributed by atoms with Crippen LogP contribution in [0, 0.1) is 10.9 Å². The maximum absolute atomic E-state index is 5.51. The van der Waals surface area contributed by atoms with E-state index in [0.717, 1.165) is 41.0 Å². The van der Waals surface area contributed by atoms with E-state index >= 15 is 0 Å². The van der Waals surface area contributed by atoms with E-state index in [1.165, 1.54) is 28.0 Å². The van der Waals surface area contributed by atoms with E-state index in [2.05, 4.69) is 58.6 Å². The minimum atomic E-state index is 0.735. The first kappa shape index (κ1) is 16.4. The van der Waals surface area contributed by atoms with Gasteiger partial charge in [-0.05, 0) is 54.4 Å². The Hall–Kier alpha value is -2.02. The summed E-state index contributed by atoms with van der Waals surface area (Å²) < 4.78 is 2.72. The summed E-state index contributed by atoms with van der Waals surface area (Å²) in [4.78, 5) is 2.40. The SMILES string of the molecule is Cc1cccc(Nc2nn(CN3CCc4ccccc4C3)c(=S)s2)c1. The third kappa shape index (κ3) is 3.81. The molecule has 4 nitrogen and oxygen atoms in total. The van der Waals surface area contributed by atoms with Crippen molar-refractivity contribution >= 4 is 34.4 Å². The monoisotopic (exact) mass is 368 g/mol. The van der Waals surface area contributed by atoms with Crippen LogP contribution in [-0.4, -0.2) is 21.2 Å². The van der Waals surface area contributed by atoms with Gasteiger partial charge in [0.15, 0.2) is 3.95 Å². The van der Waals surface area contributed by atoms with Crippen LogP contribution in [0.4, 0.5) is 10.8 Å². The summed E-state index contributed by atoms with van der Waals surface area (Å²) >= 11 is 7.03. The predicted octanol–water partition coefficient (Wildman–Crippen LogP) is 4.74. The van der Waals surface area contributed by atoms with Gasteiger partial charge in [0.1, 0.15) is 0 Å². The van der Waals surface area contributed by atoms with Gasteiger partial charge in [-0.25, -0.2) is 4.68 Å². The van der Waals surface area contributed by atoms with Gasteiger partial charge in [0, 0.05) is 18.8 Å². The molecule has 0 amide bonds. The molecule has 128 valence electrons. The minimum absolute atomic E-state index is 0.735. The highest BCUT2D eigenvalue weighted by molar-refractivity contribution is 7.73. The van der Waals surface area contributed by atoms with Crippen LogP contribution in [0.3, 0.4) is 0 Å². The van der Waals surface area contributed by atoms with Crippen LogP contribution in [0.2, 0.25) is 0 Å². The summed E-state index contributed by atoms with van der Waals surface area (Å²) in [6, 6.07) is 16.9. The molecule has 0 saturated carbocycles. The molecule has 1 N–H and O–H groups in total. The number of rotatable bonds is 4. The van der Waals surface area contributed by atoms with Crippen LogP contribution < -0.4 is 5.32 Å². The summed E-state index contributed by atoms with van der Waals surface area (Å²) in [6.07, 6.45) is 1.09. The van der Waals surface area contributed by atoms with Crippen molar-refractivity contribution in [1.29, 1.82) is 0 Å². The molecule has 25 heavy (non-hydrogen) atoms. The molecule has 1 aliphatic rings. The number of aryl methyl sites for hydroxylation is 1. The van der Waals surface area contributed by atoms with Gasteiger partial charge < -0.3 is 5.32 Å². The third-order valence-electron chi connectivity index (χ3n) is 4.42. The fourth-order valence-electron chi connectivity index (χ4n) is 3.16. The van der Waals surface area contributed by atoms with Crippen LogP contribution in [0.1, 0.15) is 16.7 Å². The second kappa shape index (κ2) is 7.07. The van der Waals surface area contributed by atoms with Crippen molar-refractivity contribution in [1.82, 2.24) is 14.7 Å². The first-order valence-corrected chi connectivity index (χ1v) is 9.61. The van der Waals surface area contributed by atoms with Gasteiger partial charge in [-0.15, -0.1) is 5.10 Å². The topological polar surface area (TPSA) is 33.1 Å². The van der Waals surface area contributed by atoms with Crippen molar-refractivity contribution < 1.29 is 0 Å². The van der Waals surface area contributed by atoms with Crippen LogP contribution in [0.15, 0.2) is 48.5 Å². The smallest absolute Gasteiger partial charge is 0.209 e. The first-order chi connectivity index (χ1) is 12.2. The first-order valence-electron chi connectivity index (χ1n) is 8.38. The maximum atomic E-state index is 5.51. The lowest BCUT2D eigenvalue weighted by Gasteiger charge is -2.28. The van der Waals surface area contributed by atoms with Gasteiger partial charge in [0.05, 0.1) is 6.67 Å². The molecule has 0 aliphatic carbocycles. The molecule has 3 aromatic rings. The molecule has 0 unspecified atom stereocenters. The van der Waals surface area contributed by atoms with Crippen molar-refractivity contribution in [3.8, 4) is 0 Å². The molecule has 1 aromatic heterocycles. The van der Waals surface area contributed by atoms with Crippen molar-refractivity contribution in [3.63, 3.8) is 0 Å². The normalized spacial score (nSPS) is 14.3. The predicted molar refractivity (Wildman–Crippen MR) is 106 cm³/mol. The Morgan fingerprint density at radius 3 is 2.84 bits per heavy atom. The van der Waals surface area contributed by atoms with Gasteiger partial charge in [-0.3, -0.25) is 4.90 Å². The van der Waals surface area contributed by atoms with Crippen LogP contribution in [0.5, 0.6) is 0 Å². The summed E-state index contributed by atoms with van der Waals surface area (Å²) in [5.74, 6) is 0. The van der Waals surface area contributed by atoms with Crippen LogP contribution >= 0.6 is 23.6 Å². The second-order valence-electron chi connectivity index (χ2n) is 6.38. The van der Waals surface area contributed by atoms with Crippen molar-refractivity contribution in [3.05, 3.63) is 69.2 Å². The zero-order valence-corrected chi connectivity index (χ0v) is 15.7. The van der Waals surface area contributed by atoms with Crippen molar-refractivity contribution in [2.24, 2.45) is 0 Å². The number of nitrogens with zero attached hydrogens (tertiary/aromatic N) is 3. The molecule has 0 atom stereocenters. The lowest BCUT2D eigenvalue weighted by Crippen LogP contribution is -2.32. The quantitative estimate of drug-likeness (QED) is 0.674. The largest absolute Gasteiger partial charge is 0.330 e. The lowest BCUT2D eigenvalue weighted by atomic mass is 10.0. The van der Waals surface area contributed by atoms with Gasteiger partial charge >= 0.3 is 0 Å². The van der Waals surface area contributed by atoms with Gasteiger partial charge in [0.2, 0.25) is 5.13 Å². The Morgan fingerprint density at radius 1 is 1.16 bits per heavy atom. The van der Waals surface area contributed by atoms with Crippen molar-refractivity contribution in [2.75, 3.05) is 11.9 Å². The van der Waals surface area contributed by atoms with Crippen LogP contribution in [0.25, 0.3) is 0 Å². The number of aromatic nitrogens is 2. The Balaban J connectivity index is 1.47. The molecule has 0 fully saturated rings. The maximum Gasteiger partial charge on any atom is 0.209 e. The number of benzene rings is 2. The average Bonchev–Trinajstić information content (AvgIpc) is 2.94. The van der Waals surface area contributed by atoms with E-state index < -0.39 is 0 Å². The molecule has 0 radical (unpaired) electrons. The number of hydrogen-bond acceptors (Lipinski definition) is 5. The van der Waals surface area contributed by atoms with E-state index in [-0.39, 0.29) is 0 Å². The van der Waals surface area contributed by atoms with Gasteiger partial charge in [0.25, 0.3) is 0 Å². The summed E-state index contributed by atoms with van der Waals surface area (Å²) in [5.41, 5.74) is 5.14. The van der Waals surface area contributed by atoms with Gasteiger partial charge in [-0.2, -0.15) is 0 Å². The Bertz CT molecular complexity index is 944. The van der Waals surface area contributed by atoms with E-state index in [1.807, 2.05) is 16.8 Å². The summed E-state index contributed by atoms with van der Waals surface area (Å²) in [6.45, 7) is 4.81. The van der Waals surface area contributed by atoms with E-state index in [4.69, 9.17) is 12.2 Å². The molecular weight excluding hydrogens is 348 g/mol. The molecule has 2 heterocycles. The number of fused-ring (bicyclic) bond motifs is 1. The number of anilines is 2. The highest BCUT2D eigenvalue weighted by atomic mass is 32.1. The Labute approximate surface area is 156 Å². The van der Waals surface area contributed by atoms with Gasteiger partial charge in [-0.1, -0.05) is 47.7 Å². The molecule has 0 saturated heterocycles. The summed E-state index contributed by atoms with van der Waals surface area (Å²) in [5, 5.41) is 8.86. The molecule has 0 spiro atoms. The van der Waals surface area contributed by atoms with E-state index in [9.17, 15) is 0 Å². The van der Waals surface area contributed by atoms with E-state index in [1.54, 1.807) is 0 Å². The average molecular weight is 369 g/mol. The zero-order valence-electron chi connectivity index (χ0n) is 14.1. The molecule has 1 aliphatic heterocycles. The molecule has 4 rings (SSSR count). The minimum Gasteiger partial charge on any atom is -0.330 e. The highest BCUT2D eigenvalue weighted by Gasteiger charge is 2.17. The molecular formula is C19H20N4S2. The number of hydrogen-bond donors (Lipinski definition) is 1. The standard InChI is InChI=1S/C19H20N4S2/c1-14-5-4-8-17(11-14)20-18-21-23(19(24)25-18)13-22-10-9-15-6-2-3-7-16(15)12-22/h2-8,11H,9-10,12-13H2,1H3,(H,20,21). The summed E-state index contributed by atoms with van der Waals surface area (Å²) in [7, 11) is 0. The van der Waals surface area contributed by atoms with E-state index in [0.29, 0.717) is 0 Å². The molecule has 0 bridgehead atoms. The highest BCUT2D eigenvalue weighted by Crippen LogP contribution is 2.23. The van der Waals surface area contributed by atoms with Crippen molar-refractivity contribution in [2.45, 2.75) is 26.6 Å². The Kier molecular flexibility index (Phi) is 4.65. The van der Waals surface area contributed by atoms with Crippen LogP contribution in [-0.2, 0) is 19.6 Å². The number of nitrogens with one attached hydrogen (secondary N) is 1. The molecule has 2 aromatic carbocycles. The lowest BCUT2D eigenvalue weighted by molar-refractivity contribution is 0.189. The zero-order chi connectivity index (χ0) is 17.2. The second-order valence-corrected chi connectivity index (χ2v) is 8.00. The Morgan fingerprint density at radius 2 is 2.00 bits per heavy atom. The fraction of sp³-hybridized carbons (Fsp3) is 0.263. The third-order valence-corrected chi connectivity index (χ3v) is 5.64.